The Bertz CT molecular complexity index is 669. The zero-order valence-corrected chi connectivity index (χ0v) is 11.2. The van der Waals surface area contributed by atoms with Crippen molar-refractivity contribution < 1.29 is 4.79 Å². The molecule has 0 bridgehead atoms. The van der Waals surface area contributed by atoms with Gasteiger partial charge in [-0.1, -0.05) is 11.8 Å². The van der Waals surface area contributed by atoms with Crippen LogP contribution in [-0.2, 0) is 0 Å². The first-order valence-electron chi connectivity index (χ1n) is 6.21. The predicted molar refractivity (Wildman–Crippen MR) is 79.3 cm³/mol. The number of aryl methyl sites for hydroxylation is 1. The van der Waals surface area contributed by atoms with Gasteiger partial charge in [0, 0.05) is 29.2 Å². The number of aromatic nitrogens is 1. The van der Waals surface area contributed by atoms with E-state index in [2.05, 4.69) is 22.1 Å². The summed E-state index contributed by atoms with van der Waals surface area (Å²) in [5.41, 5.74) is 8.50. The highest BCUT2D eigenvalue weighted by atomic mass is 16.1. The first-order chi connectivity index (χ1) is 9.70. The van der Waals surface area contributed by atoms with Gasteiger partial charge in [-0.05, 0) is 42.8 Å². The number of hydrogen-bond donors (Lipinski definition) is 2. The monoisotopic (exact) mass is 265 g/mol. The number of anilines is 1. The second-order valence-corrected chi connectivity index (χ2v) is 4.23. The van der Waals surface area contributed by atoms with Crippen LogP contribution < -0.4 is 11.1 Å². The van der Waals surface area contributed by atoms with Crippen molar-refractivity contribution in [2.45, 2.75) is 6.92 Å². The summed E-state index contributed by atoms with van der Waals surface area (Å²) >= 11 is 0. The molecule has 2 aromatic rings. The molecule has 20 heavy (non-hydrogen) atoms. The predicted octanol–water partition coefficient (Wildman–Crippen LogP) is 1.95. The van der Waals surface area contributed by atoms with Crippen molar-refractivity contribution in [3.63, 3.8) is 0 Å². The lowest BCUT2D eigenvalue weighted by Crippen LogP contribution is -2.12. The van der Waals surface area contributed by atoms with Crippen LogP contribution in [0, 0.1) is 18.8 Å². The van der Waals surface area contributed by atoms with Crippen molar-refractivity contribution in [3.05, 3.63) is 59.4 Å². The fourth-order valence-electron chi connectivity index (χ4n) is 1.73. The van der Waals surface area contributed by atoms with E-state index >= 15 is 0 Å². The number of amides is 1. The first kappa shape index (κ1) is 13.8. The van der Waals surface area contributed by atoms with E-state index in [1.165, 1.54) is 0 Å². The second-order valence-electron chi connectivity index (χ2n) is 4.23. The maximum Gasteiger partial charge on any atom is 0.255 e. The van der Waals surface area contributed by atoms with E-state index in [1.54, 1.807) is 30.6 Å². The Morgan fingerprint density at radius 2 is 2.05 bits per heavy atom. The van der Waals surface area contributed by atoms with Gasteiger partial charge in [0.25, 0.3) is 5.91 Å². The number of carbonyl (C=O) groups is 1. The molecule has 0 aliphatic rings. The average molecular weight is 265 g/mol. The molecule has 0 saturated heterocycles. The van der Waals surface area contributed by atoms with Crippen LogP contribution in [-0.4, -0.2) is 17.4 Å². The summed E-state index contributed by atoms with van der Waals surface area (Å²) in [4.78, 5) is 16.0. The third-order valence-electron chi connectivity index (χ3n) is 2.75. The molecule has 0 unspecified atom stereocenters. The molecule has 0 aliphatic carbocycles. The van der Waals surface area contributed by atoms with E-state index in [0.29, 0.717) is 12.1 Å². The number of nitrogens with one attached hydrogen (secondary N) is 1. The van der Waals surface area contributed by atoms with Crippen molar-refractivity contribution in [3.8, 4) is 11.8 Å². The third-order valence-corrected chi connectivity index (χ3v) is 2.75. The van der Waals surface area contributed by atoms with Gasteiger partial charge in [0.15, 0.2) is 0 Å². The molecule has 0 spiro atoms. The Hall–Kier alpha value is -2.64. The number of rotatable bonds is 2. The quantitative estimate of drug-likeness (QED) is 0.815. The Morgan fingerprint density at radius 3 is 2.70 bits per heavy atom. The molecule has 4 heteroatoms. The SMILES string of the molecule is Cc1cc(C(=O)Nc2ccncc2)ccc1C#CCN. The van der Waals surface area contributed by atoms with Gasteiger partial charge < -0.3 is 11.1 Å². The minimum absolute atomic E-state index is 0.155. The highest BCUT2D eigenvalue weighted by molar-refractivity contribution is 6.04. The summed E-state index contributed by atoms with van der Waals surface area (Å²) in [7, 11) is 0. The van der Waals surface area contributed by atoms with E-state index in [-0.39, 0.29) is 5.91 Å². The number of nitrogens with two attached hydrogens (primary N) is 1. The van der Waals surface area contributed by atoms with Gasteiger partial charge in [0.05, 0.1) is 6.54 Å². The molecular weight excluding hydrogens is 250 g/mol. The summed E-state index contributed by atoms with van der Waals surface area (Å²) in [5.74, 6) is 5.62. The maximum atomic E-state index is 12.1. The second kappa shape index (κ2) is 6.50. The molecule has 3 N–H and O–H groups in total. The van der Waals surface area contributed by atoms with Crippen molar-refractivity contribution >= 4 is 11.6 Å². The summed E-state index contributed by atoms with van der Waals surface area (Å²) in [5, 5.41) is 2.81. The molecule has 0 fully saturated rings. The molecule has 100 valence electrons. The summed E-state index contributed by atoms with van der Waals surface area (Å²) in [6, 6.07) is 8.89. The fraction of sp³-hybridized carbons (Fsp3) is 0.125. The van der Waals surface area contributed by atoms with Crippen molar-refractivity contribution in [1.82, 2.24) is 4.98 Å². The van der Waals surface area contributed by atoms with Gasteiger partial charge >= 0.3 is 0 Å². The molecule has 1 heterocycles. The number of nitrogens with zero attached hydrogens (tertiary/aromatic N) is 1. The zero-order valence-electron chi connectivity index (χ0n) is 11.2. The number of pyridine rings is 1. The Morgan fingerprint density at radius 1 is 1.30 bits per heavy atom. The first-order valence-corrected chi connectivity index (χ1v) is 6.21. The number of carbonyl (C=O) groups excluding carboxylic acids is 1. The largest absolute Gasteiger partial charge is 0.322 e. The van der Waals surface area contributed by atoms with Crippen molar-refractivity contribution in [2.75, 3.05) is 11.9 Å². The van der Waals surface area contributed by atoms with Gasteiger partial charge in [-0.25, -0.2) is 0 Å². The molecule has 0 radical (unpaired) electrons. The van der Waals surface area contributed by atoms with Crippen molar-refractivity contribution in [2.24, 2.45) is 5.73 Å². The Balaban J connectivity index is 2.17. The standard InChI is InChI=1S/C16H15N3O/c1-12-11-14(5-4-13(12)3-2-8-17)16(20)19-15-6-9-18-10-7-15/h4-7,9-11H,8,17H2,1H3,(H,18,19,20). The lowest BCUT2D eigenvalue weighted by Gasteiger charge is -2.06. The van der Waals surface area contributed by atoms with Crippen LogP contribution in [0.3, 0.4) is 0 Å². The maximum absolute atomic E-state index is 12.1. The highest BCUT2D eigenvalue weighted by Crippen LogP contribution is 2.12. The fourth-order valence-corrected chi connectivity index (χ4v) is 1.73. The Labute approximate surface area is 118 Å². The van der Waals surface area contributed by atoms with Gasteiger partial charge in [-0.2, -0.15) is 0 Å². The van der Waals surface area contributed by atoms with E-state index in [4.69, 9.17) is 5.73 Å². The number of benzene rings is 1. The summed E-state index contributed by atoms with van der Waals surface area (Å²) in [6.07, 6.45) is 3.26. The van der Waals surface area contributed by atoms with E-state index in [9.17, 15) is 4.79 Å². The van der Waals surface area contributed by atoms with Crippen LogP contribution in [0.4, 0.5) is 5.69 Å². The molecule has 1 aromatic heterocycles. The normalized spacial score (nSPS) is 9.50. The molecule has 1 aromatic carbocycles. The van der Waals surface area contributed by atoms with E-state index in [1.807, 2.05) is 19.1 Å². The van der Waals surface area contributed by atoms with E-state index < -0.39 is 0 Å². The molecule has 4 nitrogen and oxygen atoms in total. The van der Waals surface area contributed by atoms with Gasteiger partial charge in [0.1, 0.15) is 0 Å². The highest BCUT2D eigenvalue weighted by Gasteiger charge is 2.07. The zero-order chi connectivity index (χ0) is 14.4. The van der Waals surface area contributed by atoms with Crippen LogP contribution in [0.15, 0.2) is 42.7 Å². The lowest BCUT2D eigenvalue weighted by atomic mass is 10.0. The van der Waals surface area contributed by atoms with E-state index in [0.717, 1.165) is 16.8 Å². The van der Waals surface area contributed by atoms with Gasteiger partial charge in [0.2, 0.25) is 0 Å². The molecular formula is C16H15N3O. The summed E-state index contributed by atoms with van der Waals surface area (Å²) < 4.78 is 0. The molecule has 0 aliphatic heterocycles. The van der Waals surface area contributed by atoms with Gasteiger partial charge in [-0.3, -0.25) is 9.78 Å². The van der Waals surface area contributed by atoms with Crippen LogP contribution in [0.2, 0.25) is 0 Å². The lowest BCUT2D eigenvalue weighted by molar-refractivity contribution is 0.102. The minimum Gasteiger partial charge on any atom is -0.322 e. The molecule has 2 rings (SSSR count). The molecule has 0 atom stereocenters. The minimum atomic E-state index is -0.155. The number of hydrogen-bond acceptors (Lipinski definition) is 3. The molecule has 0 saturated carbocycles. The van der Waals surface area contributed by atoms with Crippen LogP contribution in [0.5, 0.6) is 0 Å². The van der Waals surface area contributed by atoms with Crippen LogP contribution in [0.25, 0.3) is 0 Å². The topological polar surface area (TPSA) is 68.0 Å². The average Bonchev–Trinajstić information content (AvgIpc) is 2.47. The van der Waals surface area contributed by atoms with Crippen molar-refractivity contribution in [1.29, 1.82) is 0 Å². The van der Waals surface area contributed by atoms with Gasteiger partial charge in [-0.15, -0.1) is 0 Å². The Kier molecular flexibility index (Phi) is 4.48. The molecule has 1 amide bonds. The smallest absolute Gasteiger partial charge is 0.255 e. The summed E-state index contributed by atoms with van der Waals surface area (Å²) in [6.45, 7) is 2.24. The third kappa shape index (κ3) is 3.44. The van der Waals surface area contributed by atoms with Crippen LogP contribution >= 0.6 is 0 Å². The van der Waals surface area contributed by atoms with Crippen LogP contribution in [0.1, 0.15) is 21.5 Å².